The number of anilines is 1. The highest BCUT2D eigenvalue weighted by atomic mass is 16.5. The van der Waals surface area contributed by atoms with Crippen molar-refractivity contribution in [2.45, 2.75) is 6.54 Å². The van der Waals surface area contributed by atoms with Gasteiger partial charge in [-0.2, -0.15) is 0 Å². The fraction of sp³-hybridized carbons (Fsp3) is 0.435. The summed E-state index contributed by atoms with van der Waals surface area (Å²) < 4.78 is 21.8. The minimum absolute atomic E-state index is 0.527. The third kappa shape index (κ3) is 5.25. The Morgan fingerprint density at radius 3 is 2.06 bits per heavy atom. The van der Waals surface area contributed by atoms with Crippen LogP contribution in [0.15, 0.2) is 41.4 Å². The first-order chi connectivity index (χ1) is 15.1. The molecule has 1 fully saturated rings. The zero-order valence-corrected chi connectivity index (χ0v) is 19.0. The van der Waals surface area contributed by atoms with Gasteiger partial charge in [-0.25, -0.2) is 0 Å². The zero-order valence-electron chi connectivity index (χ0n) is 19.0. The highest BCUT2D eigenvalue weighted by molar-refractivity contribution is 5.80. The molecule has 1 saturated heterocycles. The Hall–Kier alpha value is -3.29. The topological polar surface area (TPSA) is 67.8 Å². The molecular formula is C23H32N4O4. The quantitative estimate of drug-likeness (QED) is 0.537. The Labute approximate surface area is 184 Å². The van der Waals surface area contributed by atoms with E-state index in [1.807, 2.05) is 24.3 Å². The number of nitrogens with zero attached hydrogens (tertiary/aromatic N) is 3. The van der Waals surface area contributed by atoms with E-state index in [0.717, 1.165) is 43.5 Å². The van der Waals surface area contributed by atoms with Crippen LogP contribution in [0.1, 0.15) is 5.56 Å². The summed E-state index contributed by atoms with van der Waals surface area (Å²) >= 11 is 0. The number of nitrogens with one attached hydrogen (secondary N) is 1. The smallest absolute Gasteiger partial charge is 0.194 e. The summed E-state index contributed by atoms with van der Waals surface area (Å²) in [5, 5.41) is 3.45. The number of hydrogen-bond acceptors (Lipinski definition) is 6. The molecule has 0 amide bonds. The molecule has 0 aliphatic carbocycles. The molecule has 31 heavy (non-hydrogen) atoms. The van der Waals surface area contributed by atoms with Crippen molar-refractivity contribution in [2.75, 3.05) is 66.6 Å². The molecule has 1 heterocycles. The van der Waals surface area contributed by atoms with E-state index >= 15 is 0 Å². The average Bonchev–Trinajstić information content (AvgIpc) is 2.84. The SMILES string of the molecule is CN=C(NCc1c(OC)cc(OC)cc1OC)N1CCN(c2cccc(OC)c2)CC1. The van der Waals surface area contributed by atoms with Crippen LogP contribution in [0.2, 0.25) is 0 Å². The molecule has 2 aromatic rings. The van der Waals surface area contributed by atoms with Crippen LogP contribution in [-0.4, -0.2) is 72.5 Å². The van der Waals surface area contributed by atoms with Gasteiger partial charge < -0.3 is 34.1 Å². The second-order valence-electron chi connectivity index (χ2n) is 7.09. The Morgan fingerprint density at radius 1 is 0.871 bits per heavy atom. The molecule has 1 aliphatic rings. The number of benzene rings is 2. The molecule has 0 radical (unpaired) electrons. The van der Waals surface area contributed by atoms with E-state index < -0.39 is 0 Å². The molecule has 3 rings (SSSR count). The number of rotatable bonds is 7. The lowest BCUT2D eigenvalue weighted by Gasteiger charge is -2.37. The minimum Gasteiger partial charge on any atom is -0.497 e. The van der Waals surface area contributed by atoms with Crippen LogP contribution in [0.3, 0.4) is 0 Å². The van der Waals surface area contributed by atoms with E-state index in [2.05, 4.69) is 32.2 Å². The molecule has 0 bridgehead atoms. The number of hydrogen-bond donors (Lipinski definition) is 1. The molecule has 2 aromatic carbocycles. The first-order valence-corrected chi connectivity index (χ1v) is 10.3. The standard InChI is InChI=1S/C23H32N4O4/c1-24-23(25-16-20-21(30-4)14-19(29-3)15-22(20)31-5)27-11-9-26(10-12-27)17-7-6-8-18(13-17)28-2/h6-8,13-15H,9-12,16H2,1-5H3,(H,24,25). The molecule has 0 aromatic heterocycles. The second-order valence-corrected chi connectivity index (χ2v) is 7.09. The Bertz CT molecular complexity index is 870. The summed E-state index contributed by atoms with van der Waals surface area (Å²) in [7, 11) is 8.41. The van der Waals surface area contributed by atoms with E-state index in [0.29, 0.717) is 23.8 Å². The minimum atomic E-state index is 0.527. The van der Waals surface area contributed by atoms with Gasteiger partial charge in [0.05, 0.1) is 40.5 Å². The lowest BCUT2D eigenvalue weighted by atomic mass is 10.1. The Kier molecular flexibility index (Phi) is 7.70. The fourth-order valence-electron chi connectivity index (χ4n) is 3.74. The van der Waals surface area contributed by atoms with Crippen molar-refractivity contribution in [1.29, 1.82) is 0 Å². The summed E-state index contributed by atoms with van der Waals surface area (Å²) in [6, 6.07) is 11.9. The Balaban J connectivity index is 1.64. The molecule has 168 valence electrons. The normalized spacial score (nSPS) is 14.3. The van der Waals surface area contributed by atoms with Gasteiger partial charge in [0.15, 0.2) is 5.96 Å². The number of ether oxygens (including phenoxy) is 4. The third-order valence-electron chi connectivity index (χ3n) is 5.45. The first kappa shape index (κ1) is 22.4. The van der Waals surface area contributed by atoms with Crippen molar-refractivity contribution in [1.82, 2.24) is 10.2 Å². The maximum atomic E-state index is 5.55. The number of piperazine rings is 1. The summed E-state index contributed by atoms with van der Waals surface area (Å²) in [6.07, 6.45) is 0. The molecule has 0 unspecified atom stereocenters. The van der Waals surface area contributed by atoms with Crippen LogP contribution in [0.4, 0.5) is 5.69 Å². The van der Waals surface area contributed by atoms with Gasteiger partial charge in [0.2, 0.25) is 0 Å². The molecule has 0 atom stereocenters. The van der Waals surface area contributed by atoms with E-state index in [1.165, 1.54) is 5.69 Å². The summed E-state index contributed by atoms with van der Waals surface area (Å²) in [5.41, 5.74) is 2.09. The first-order valence-electron chi connectivity index (χ1n) is 10.3. The maximum Gasteiger partial charge on any atom is 0.194 e. The van der Waals surface area contributed by atoms with Crippen molar-refractivity contribution in [3.05, 3.63) is 42.0 Å². The molecule has 1 N–H and O–H groups in total. The Morgan fingerprint density at radius 2 is 1.52 bits per heavy atom. The maximum absolute atomic E-state index is 5.55. The lowest BCUT2D eigenvalue weighted by Crippen LogP contribution is -2.52. The highest BCUT2D eigenvalue weighted by Crippen LogP contribution is 2.34. The van der Waals surface area contributed by atoms with Gasteiger partial charge in [-0.05, 0) is 12.1 Å². The van der Waals surface area contributed by atoms with Crippen molar-refractivity contribution in [3.8, 4) is 23.0 Å². The van der Waals surface area contributed by atoms with Gasteiger partial charge in [-0.3, -0.25) is 4.99 Å². The van der Waals surface area contributed by atoms with Crippen molar-refractivity contribution in [2.24, 2.45) is 4.99 Å². The third-order valence-corrected chi connectivity index (χ3v) is 5.45. The van der Waals surface area contributed by atoms with Crippen molar-refractivity contribution < 1.29 is 18.9 Å². The summed E-state index contributed by atoms with van der Waals surface area (Å²) in [6.45, 7) is 4.08. The number of guanidine groups is 1. The van der Waals surface area contributed by atoms with Crippen LogP contribution in [0.5, 0.6) is 23.0 Å². The molecule has 1 aliphatic heterocycles. The highest BCUT2D eigenvalue weighted by Gasteiger charge is 2.21. The monoisotopic (exact) mass is 428 g/mol. The fourth-order valence-corrected chi connectivity index (χ4v) is 3.74. The number of methoxy groups -OCH3 is 4. The second kappa shape index (κ2) is 10.7. The van der Waals surface area contributed by atoms with Gasteiger partial charge in [0.25, 0.3) is 0 Å². The summed E-state index contributed by atoms with van der Waals surface area (Å²) in [5.74, 6) is 3.84. The zero-order chi connectivity index (χ0) is 22.2. The molecular weight excluding hydrogens is 396 g/mol. The molecule has 0 spiro atoms. The van der Waals surface area contributed by atoms with E-state index in [-0.39, 0.29) is 0 Å². The van der Waals surface area contributed by atoms with Gasteiger partial charge in [0, 0.05) is 57.1 Å². The predicted octanol–water partition coefficient (Wildman–Crippen LogP) is 2.62. The molecule has 0 saturated carbocycles. The van der Waals surface area contributed by atoms with Crippen LogP contribution in [-0.2, 0) is 6.54 Å². The largest absolute Gasteiger partial charge is 0.497 e. The van der Waals surface area contributed by atoms with Crippen LogP contribution >= 0.6 is 0 Å². The van der Waals surface area contributed by atoms with Crippen molar-refractivity contribution in [3.63, 3.8) is 0 Å². The van der Waals surface area contributed by atoms with Gasteiger partial charge in [-0.1, -0.05) is 6.07 Å². The van der Waals surface area contributed by atoms with E-state index in [1.54, 1.807) is 35.5 Å². The van der Waals surface area contributed by atoms with Crippen LogP contribution in [0, 0.1) is 0 Å². The van der Waals surface area contributed by atoms with Gasteiger partial charge in [0.1, 0.15) is 23.0 Å². The van der Waals surface area contributed by atoms with Crippen LogP contribution < -0.4 is 29.2 Å². The van der Waals surface area contributed by atoms with E-state index in [9.17, 15) is 0 Å². The van der Waals surface area contributed by atoms with Gasteiger partial charge in [-0.15, -0.1) is 0 Å². The lowest BCUT2D eigenvalue weighted by molar-refractivity contribution is 0.361. The van der Waals surface area contributed by atoms with Gasteiger partial charge >= 0.3 is 0 Å². The predicted molar refractivity (Wildman–Crippen MR) is 123 cm³/mol. The van der Waals surface area contributed by atoms with Crippen molar-refractivity contribution >= 4 is 11.6 Å². The summed E-state index contributed by atoms with van der Waals surface area (Å²) in [4.78, 5) is 9.11. The average molecular weight is 429 g/mol. The molecule has 8 nitrogen and oxygen atoms in total. The number of aliphatic imine (C=N–C) groups is 1. The molecule has 8 heteroatoms. The van der Waals surface area contributed by atoms with Crippen LogP contribution in [0.25, 0.3) is 0 Å². The van der Waals surface area contributed by atoms with E-state index in [4.69, 9.17) is 18.9 Å².